The van der Waals surface area contributed by atoms with Gasteiger partial charge in [0.25, 0.3) is 0 Å². The molecule has 0 saturated carbocycles. The molecule has 0 radical (unpaired) electrons. The van der Waals surface area contributed by atoms with Gasteiger partial charge < -0.3 is 18.9 Å². The Morgan fingerprint density at radius 2 is 1.45 bits per heavy atom. The minimum Gasteiger partial charge on any atom is -0.455 e. The average molecular weight is 306 g/mol. The Morgan fingerprint density at radius 3 is 1.90 bits per heavy atom. The first-order chi connectivity index (χ1) is 9.35. The van der Waals surface area contributed by atoms with Crippen LogP contribution in [-0.2, 0) is 33.3 Å². The molecule has 0 spiro atoms. The van der Waals surface area contributed by atoms with Gasteiger partial charge in [-0.25, -0.2) is 0 Å². The molecule has 114 valence electrons. The van der Waals surface area contributed by atoms with Crippen LogP contribution in [0.3, 0.4) is 0 Å². The van der Waals surface area contributed by atoms with Crippen LogP contribution >= 0.6 is 11.8 Å². The number of ether oxygens (including phenoxy) is 4. The molecule has 7 nitrogen and oxygen atoms in total. The number of hydrogen-bond donors (Lipinski definition) is 0. The molecular formula is C12H18O7S. The van der Waals surface area contributed by atoms with Crippen molar-refractivity contribution in [2.24, 2.45) is 0 Å². The first-order valence-corrected chi connectivity index (χ1v) is 7.40. The van der Waals surface area contributed by atoms with Crippen molar-refractivity contribution in [1.29, 1.82) is 0 Å². The van der Waals surface area contributed by atoms with Gasteiger partial charge in [-0.2, -0.15) is 11.8 Å². The van der Waals surface area contributed by atoms with Gasteiger partial charge in [0.1, 0.15) is 6.10 Å². The van der Waals surface area contributed by atoms with Crippen molar-refractivity contribution < 1.29 is 33.3 Å². The highest BCUT2D eigenvalue weighted by molar-refractivity contribution is 7.98. The van der Waals surface area contributed by atoms with E-state index in [1.807, 2.05) is 6.26 Å². The van der Waals surface area contributed by atoms with Crippen molar-refractivity contribution in [2.75, 3.05) is 12.0 Å². The second-order valence-corrected chi connectivity index (χ2v) is 5.17. The van der Waals surface area contributed by atoms with E-state index in [1.165, 1.54) is 32.5 Å². The Labute approximate surface area is 121 Å². The lowest BCUT2D eigenvalue weighted by molar-refractivity contribution is -0.194. The zero-order valence-corrected chi connectivity index (χ0v) is 12.6. The summed E-state index contributed by atoms with van der Waals surface area (Å²) in [4.78, 5) is 33.4. The van der Waals surface area contributed by atoms with E-state index in [0.29, 0.717) is 5.75 Å². The molecule has 20 heavy (non-hydrogen) atoms. The summed E-state index contributed by atoms with van der Waals surface area (Å²) in [6.07, 6.45) is -1.49. The van der Waals surface area contributed by atoms with Crippen LogP contribution in [0.1, 0.15) is 20.8 Å². The van der Waals surface area contributed by atoms with E-state index < -0.39 is 42.5 Å². The summed E-state index contributed by atoms with van der Waals surface area (Å²) >= 11 is 1.47. The van der Waals surface area contributed by atoms with Crippen LogP contribution in [0.15, 0.2) is 0 Å². The molecule has 0 aromatic rings. The van der Waals surface area contributed by atoms with Crippen LogP contribution in [0.5, 0.6) is 0 Å². The van der Waals surface area contributed by atoms with Gasteiger partial charge in [0.2, 0.25) is 12.4 Å². The molecule has 1 aliphatic heterocycles. The SMILES string of the molecule is CSC[C@H]1O[C@@H](OC(C)=O)[C@H](OC(C)=O)[C@@H]1OC(C)=O. The number of thioether (sulfide) groups is 1. The zero-order valence-electron chi connectivity index (χ0n) is 11.8. The summed E-state index contributed by atoms with van der Waals surface area (Å²) in [6.45, 7) is 3.69. The fourth-order valence-corrected chi connectivity index (χ4v) is 2.50. The van der Waals surface area contributed by atoms with Gasteiger partial charge in [-0.3, -0.25) is 14.4 Å². The summed E-state index contributed by atoms with van der Waals surface area (Å²) in [7, 11) is 0. The van der Waals surface area contributed by atoms with Gasteiger partial charge in [0.15, 0.2) is 6.10 Å². The number of carbonyl (C=O) groups excluding carboxylic acids is 3. The van der Waals surface area contributed by atoms with E-state index in [4.69, 9.17) is 18.9 Å². The molecule has 0 aromatic heterocycles. The molecule has 0 aromatic carbocycles. The lowest BCUT2D eigenvalue weighted by Crippen LogP contribution is -2.41. The van der Waals surface area contributed by atoms with Crippen molar-refractivity contribution >= 4 is 29.7 Å². The molecule has 1 aliphatic rings. The third-order valence-electron chi connectivity index (χ3n) is 2.48. The molecule has 8 heteroatoms. The predicted octanol–water partition coefficient (Wildman–Crippen LogP) is 0.501. The highest BCUT2D eigenvalue weighted by Gasteiger charge is 2.50. The molecule has 0 aliphatic carbocycles. The third-order valence-corrected chi connectivity index (χ3v) is 3.15. The van der Waals surface area contributed by atoms with E-state index in [0.717, 1.165) is 0 Å². The molecule has 0 amide bonds. The van der Waals surface area contributed by atoms with Crippen LogP contribution in [0.25, 0.3) is 0 Å². The van der Waals surface area contributed by atoms with Crippen LogP contribution < -0.4 is 0 Å². The highest BCUT2D eigenvalue weighted by atomic mass is 32.2. The second kappa shape index (κ2) is 7.49. The molecule has 4 atom stereocenters. The molecule has 0 N–H and O–H groups in total. The van der Waals surface area contributed by atoms with Gasteiger partial charge in [-0.05, 0) is 6.26 Å². The average Bonchev–Trinajstić information content (AvgIpc) is 2.57. The summed E-state index contributed by atoms with van der Waals surface area (Å²) < 4.78 is 20.7. The normalized spacial score (nSPS) is 28.8. The summed E-state index contributed by atoms with van der Waals surface area (Å²) in [6, 6.07) is 0. The Hall–Kier alpha value is -1.28. The van der Waals surface area contributed by atoms with Crippen molar-refractivity contribution in [2.45, 2.75) is 45.4 Å². The molecule has 1 saturated heterocycles. The monoisotopic (exact) mass is 306 g/mol. The van der Waals surface area contributed by atoms with Crippen LogP contribution in [-0.4, -0.2) is 54.5 Å². The molecule has 0 unspecified atom stereocenters. The fourth-order valence-electron chi connectivity index (χ4n) is 1.90. The van der Waals surface area contributed by atoms with Crippen LogP contribution in [0.2, 0.25) is 0 Å². The van der Waals surface area contributed by atoms with Crippen molar-refractivity contribution in [3.8, 4) is 0 Å². The summed E-state index contributed by atoms with van der Waals surface area (Å²) in [5, 5.41) is 0. The topological polar surface area (TPSA) is 88.1 Å². The number of esters is 3. The predicted molar refractivity (Wildman–Crippen MR) is 69.9 cm³/mol. The van der Waals surface area contributed by atoms with Gasteiger partial charge in [-0.1, -0.05) is 0 Å². The standard InChI is InChI=1S/C12H18O7S/c1-6(13)16-10-9(5-20-4)19-12(18-8(3)15)11(10)17-7(2)14/h9-12H,5H2,1-4H3/t9-,10-,11-,12-/m1/s1. The van der Waals surface area contributed by atoms with E-state index in [9.17, 15) is 14.4 Å². The van der Waals surface area contributed by atoms with Crippen LogP contribution in [0.4, 0.5) is 0 Å². The van der Waals surface area contributed by atoms with E-state index in [-0.39, 0.29) is 0 Å². The van der Waals surface area contributed by atoms with E-state index in [1.54, 1.807) is 0 Å². The number of carbonyl (C=O) groups is 3. The van der Waals surface area contributed by atoms with Crippen molar-refractivity contribution in [1.82, 2.24) is 0 Å². The smallest absolute Gasteiger partial charge is 0.305 e. The summed E-state index contributed by atoms with van der Waals surface area (Å²) in [5.74, 6) is -1.16. The maximum Gasteiger partial charge on any atom is 0.305 e. The highest BCUT2D eigenvalue weighted by Crippen LogP contribution is 2.29. The zero-order chi connectivity index (χ0) is 15.3. The van der Waals surface area contributed by atoms with E-state index in [2.05, 4.69) is 0 Å². The Balaban J connectivity index is 2.92. The lowest BCUT2D eigenvalue weighted by Gasteiger charge is -2.22. The van der Waals surface area contributed by atoms with Gasteiger partial charge >= 0.3 is 17.9 Å². The first kappa shape index (κ1) is 16.8. The van der Waals surface area contributed by atoms with Gasteiger partial charge in [0.05, 0.1) is 0 Å². The molecule has 0 bridgehead atoms. The molecular weight excluding hydrogens is 288 g/mol. The minimum absolute atomic E-state index is 0.507. The third kappa shape index (κ3) is 4.68. The quantitative estimate of drug-likeness (QED) is 0.536. The number of rotatable bonds is 5. The van der Waals surface area contributed by atoms with Gasteiger partial charge in [0, 0.05) is 26.5 Å². The maximum atomic E-state index is 11.2. The van der Waals surface area contributed by atoms with E-state index >= 15 is 0 Å². The van der Waals surface area contributed by atoms with Crippen molar-refractivity contribution in [3.05, 3.63) is 0 Å². The lowest BCUT2D eigenvalue weighted by atomic mass is 10.1. The largest absolute Gasteiger partial charge is 0.455 e. The van der Waals surface area contributed by atoms with Gasteiger partial charge in [-0.15, -0.1) is 0 Å². The Morgan fingerprint density at radius 1 is 0.950 bits per heavy atom. The minimum atomic E-state index is -1.07. The number of hydrogen-bond acceptors (Lipinski definition) is 8. The molecule has 1 fully saturated rings. The summed E-state index contributed by atoms with van der Waals surface area (Å²) in [5.41, 5.74) is 0. The maximum absolute atomic E-state index is 11.2. The van der Waals surface area contributed by atoms with Crippen LogP contribution in [0, 0.1) is 0 Å². The molecule has 1 rings (SSSR count). The Kier molecular flexibility index (Phi) is 6.28. The first-order valence-electron chi connectivity index (χ1n) is 6.01. The second-order valence-electron chi connectivity index (χ2n) is 4.26. The van der Waals surface area contributed by atoms with Crippen molar-refractivity contribution in [3.63, 3.8) is 0 Å². The molecule has 1 heterocycles. The fraction of sp³-hybridized carbons (Fsp3) is 0.750. The Bertz CT molecular complexity index is 384.